The predicted octanol–water partition coefficient (Wildman–Crippen LogP) is 2.31. The van der Waals surface area contributed by atoms with Gasteiger partial charge in [-0.25, -0.2) is 5.84 Å². The average Bonchev–Trinajstić information content (AvgIpc) is 2.62. The highest BCUT2D eigenvalue weighted by atomic mass is 32.2. The Morgan fingerprint density at radius 3 is 2.71 bits per heavy atom. The number of nitrogens with two attached hydrogens (primary N) is 1. The number of aromatic nitrogens is 2. The smallest absolute Gasteiger partial charge is 0.142 e. The van der Waals surface area contributed by atoms with Gasteiger partial charge in [-0.1, -0.05) is 18.2 Å². The molecule has 4 nitrogen and oxygen atoms in total. The molecule has 0 unspecified atom stereocenters. The summed E-state index contributed by atoms with van der Waals surface area (Å²) < 4.78 is 1.77. The minimum absolute atomic E-state index is 0.864. The van der Waals surface area contributed by atoms with Crippen molar-refractivity contribution >= 4 is 17.6 Å². The molecule has 0 fully saturated rings. The number of aryl methyl sites for hydroxylation is 2. The number of nitrogen functional groups attached to an aromatic ring is 1. The third kappa shape index (κ3) is 2.62. The Balaban J connectivity index is 2.14. The van der Waals surface area contributed by atoms with Gasteiger partial charge < -0.3 is 5.43 Å². The van der Waals surface area contributed by atoms with Crippen LogP contribution in [0.2, 0.25) is 0 Å². The number of hydrogen-bond acceptors (Lipinski definition) is 4. The lowest BCUT2D eigenvalue weighted by molar-refractivity contribution is 0.760. The molecule has 0 aliphatic heterocycles. The van der Waals surface area contributed by atoms with Gasteiger partial charge in [-0.2, -0.15) is 5.10 Å². The molecule has 0 amide bonds. The van der Waals surface area contributed by atoms with Crippen molar-refractivity contribution in [1.29, 1.82) is 0 Å². The summed E-state index contributed by atoms with van der Waals surface area (Å²) in [6.45, 7) is 2.00. The number of hydrazine groups is 1. The molecule has 0 spiro atoms. The Hall–Kier alpha value is -1.46. The quantitative estimate of drug-likeness (QED) is 0.495. The van der Waals surface area contributed by atoms with Crippen LogP contribution < -0.4 is 11.3 Å². The molecule has 2 aromatic rings. The van der Waals surface area contributed by atoms with E-state index in [-0.39, 0.29) is 0 Å². The van der Waals surface area contributed by atoms with Gasteiger partial charge in [0.1, 0.15) is 5.82 Å². The molecule has 0 saturated carbocycles. The first kappa shape index (κ1) is 12.0. The fraction of sp³-hybridized carbons (Fsp3) is 0.250. The molecule has 1 heterocycles. The molecule has 0 radical (unpaired) electrons. The third-order valence-electron chi connectivity index (χ3n) is 2.61. The highest BCUT2D eigenvalue weighted by molar-refractivity contribution is 7.98. The first-order chi connectivity index (χ1) is 8.22. The lowest BCUT2D eigenvalue weighted by Crippen LogP contribution is -2.12. The van der Waals surface area contributed by atoms with Crippen LogP contribution >= 0.6 is 11.8 Å². The minimum Gasteiger partial charge on any atom is -0.308 e. The molecule has 1 aromatic carbocycles. The van der Waals surface area contributed by atoms with Crippen LogP contribution in [0, 0.1) is 6.92 Å². The van der Waals surface area contributed by atoms with Crippen LogP contribution in [0.5, 0.6) is 0 Å². The van der Waals surface area contributed by atoms with Crippen molar-refractivity contribution in [2.75, 3.05) is 5.43 Å². The Morgan fingerprint density at radius 2 is 2.06 bits per heavy atom. The molecule has 0 atom stereocenters. The molecular weight excluding hydrogens is 232 g/mol. The molecule has 0 aliphatic carbocycles. The van der Waals surface area contributed by atoms with Gasteiger partial charge in [0, 0.05) is 23.3 Å². The van der Waals surface area contributed by atoms with E-state index in [0.717, 1.165) is 22.8 Å². The van der Waals surface area contributed by atoms with Gasteiger partial charge in [-0.05, 0) is 19.1 Å². The second-order valence-corrected chi connectivity index (χ2v) is 4.83. The molecule has 0 saturated heterocycles. The van der Waals surface area contributed by atoms with E-state index < -0.39 is 0 Å². The average molecular weight is 248 g/mol. The first-order valence-electron chi connectivity index (χ1n) is 5.39. The summed E-state index contributed by atoms with van der Waals surface area (Å²) in [5, 5.41) is 4.35. The number of anilines is 1. The summed E-state index contributed by atoms with van der Waals surface area (Å²) in [7, 11) is 1.89. The maximum absolute atomic E-state index is 5.51. The van der Waals surface area contributed by atoms with E-state index in [1.165, 1.54) is 4.90 Å². The summed E-state index contributed by atoms with van der Waals surface area (Å²) in [5.74, 6) is 7.26. The van der Waals surface area contributed by atoms with Crippen LogP contribution in [0.1, 0.15) is 11.3 Å². The van der Waals surface area contributed by atoms with Crippen LogP contribution in [-0.2, 0) is 12.8 Å². The summed E-state index contributed by atoms with van der Waals surface area (Å²) in [6, 6.07) is 10.3. The zero-order chi connectivity index (χ0) is 12.3. The monoisotopic (exact) mass is 248 g/mol. The van der Waals surface area contributed by atoms with E-state index in [0.29, 0.717) is 0 Å². The van der Waals surface area contributed by atoms with Crippen molar-refractivity contribution in [3.63, 3.8) is 0 Å². The minimum atomic E-state index is 0.864. The van der Waals surface area contributed by atoms with Crippen molar-refractivity contribution < 1.29 is 0 Å². The van der Waals surface area contributed by atoms with Gasteiger partial charge in [0.2, 0.25) is 0 Å². The van der Waals surface area contributed by atoms with E-state index >= 15 is 0 Å². The van der Waals surface area contributed by atoms with E-state index in [2.05, 4.69) is 22.7 Å². The van der Waals surface area contributed by atoms with Crippen molar-refractivity contribution in [3.05, 3.63) is 41.6 Å². The van der Waals surface area contributed by atoms with Crippen molar-refractivity contribution in [2.24, 2.45) is 12.9 Å². The Labute approximate surface area is 105 Å². The van der Waals surface area contributed by atoms with Gasteiger partial charge in [0.25, 0.3) is 0 Å². The van der Waals surface area contributed by atoms with Gasteiger partial charge in [-0.3, -0.25) is 4.68 Å². The standard InChI is InChI=1S/C12H16N4S/c1-9-11(12(14-13)16(2)15-9)8-17-10-6-4-3-5-7-10/h3-7,14H,8,13H2,1-2H3. The first-order valence-corrected chi connectivity index (χ1v) is 6.38. The normalized spacial score (nSPS) is 10.5. The van der Waals surface area contributed by atoms with Crippen molar-refractivity contribution in [2.45, 2.75) is 17.6 Å². The number of benzene rings is 1. The van der Waals surface area contributed by atoms with Crippen molar-refractivity contribution in [3.8, 4) is 0 Å². The molecule has 3 N–H and O–H groups in total. The molecule has 0 aliphatic rings. The van der Waals surface area contributed by atoms with Crippen LogP contribution in [0.15, 0.2) is 35.2 Å². The number of nitrogens with one attached hydrogen (secondary N) is 1. The molecule has 5 heteroatoms. The highest BCUT2D eigenvalue weighted by Crippen LogP contribution is 2.27. The maximum atomic E-state index is 5.51. The van der Waals surface area contributed by atoms with E-state index in [9.17, 15) is 0 Å². The van der Waals surface area contributed by atoms with Crippen LogP contribution in [0.3, 0.4) is 0 Å². The van der Waals surface area contributed by atoms with Crippen LogP contribution in [-0.4, -0.2) is 9.78 Å². The number of hydrogen-bond donors (Lipinski definition) is 2. The van der Waals surface area contributed by atoms with Gasteiger partial charge in [-0.15, -0.1) is 11.8 Å². The van der Waals surface area contributed by atoms with Gasteiger partial charge in [0.05, 0.1) is 5.69 Å². The summed E-state index contributed by atoms with van der Waals surface area (Å²) in [6.07, 6.45) is 0. The van der Waals surface area contributed by atoms with Gasteiger partial charge >= 0.3 is 0 Å². The van der Waals surface area contributed by atoms with E-state index in [1.807, 2.05) is 32.2 Å². The fourth-order valence-corrected chi connectivity index (χ4v) is 2.73. The summed E-state index contributed by atoms with van der Waals surface area (Å²) in [5.41, 5.74) is 4.88. The predicted molar refractivity (Wildman–Crippen MR) is 71.8 cm³/mol. The number of thioether (sulfide) groups is 1. The topological polar surface area (TPSA) is 55.9 Å². The zero-order valence-corrected chi connectivity index (χ0v) is 10.8. The molecule has 1 aromatic heterocycles. The highest BCUT2D eigenvalue weighted by Gasteiger charge is 2.12. The molecular formula is C12H16N4S. The Bertz CT molecular complexity index is 493. The third-order valence-corrected chi connectivity index (χ3v) is 3.65. The largest absolute Gasteiger partial charge is 0.308 e. The molecule has 17 heavy (non-hydrogen) atoms. The summed E-state index contributed by atoms with van der Waals surface area (Å²) >= 11 is 1.78. The summed E-state index contributed by atoms with van der Waals surface area (Å²) in [4.78, 5) is 1.25. The molecule has 0 bridgehead atoms. The van der Waals surface area contributed by atoms with E-state index in [1.54, 1.807) is 16.4 Å². The number of nitrogens with zero attached hydrogens (tertiary/aromatic N) is 2. The van der Waals surface area contributed by atoms with Crippen LogP contribution in [0.4, 0.5) is 5.82 Å². The second-order valence-electron chi connectivity index (χ2n) is 3.78. The Kier molecular flexibility index (Phi) is 3.71. The lowest BCUT2D eigenvalue weighted by atomic mass is 10.3. The lowest BCUT2D eigenvalue weighted by Gasteiger charge is -2.05. The second kappa shape index (κ2) is 5.25. The molecule has 90 valence electrons. The maximum Gasteiger partial charge on any atom is 0.142 e. The Morgan fingerprint density at radius 1 is 1.35 bits per heavy atom. The fourth-order valence-electron chi connectivity index (χ4n) is 1.73. The molecule has 2 rings (SSSR count). The van der Waals surface area contributed by atoms with Gasteiger partial charge in [0.15, 0.2) is 0 Å². The van der Waals surface area contributed by atoms with Crippen LogP contribution in [0.25, 0.3) is 0 Å². The zero-order valence-electron chi connectivity index (χ0n) is 9.97. The van der Waals surface area contributed by atoms with Crippen molar-refractivity contribution in [1.82, 2.24) is 9.78 Å². The van der Waals surface area contributed by atoms with E-state index in [4.69, 9.17) is 5.84 Å². The number of rotatable bonds is 4. The SMILES string of the molecule is Cc1nn(C)c(NN)c1CSc1ccccc1.